The number of nitrogens with one attached hydrogen (secondary N) is 3. The van der Waals surface area contributed by atoms with E-state index in [1.807, 2.05) is 6.92 Å². The fourth-order valence-electron chi connectivity index (χ4n) is 3.78. The Morgan fingerprint density at radius 1 is 0.714 bits per heavy atom. The highest BCUT2D eigenvalue weighted by atomic mass is 35.5. The third kappa shape index (κ3) is 7.22. The Balaban J connectivity index is 1.44. The third-order valence-corrected chi connectivity index (χ3v) is 9.12. The SMILES string of the molecule is Cc1ccc(S(=O)(=O)Nc2ccc(C(=O)Nc3ccc(S(=O)(=O)Nc4ccc(Cl)c(C(F)(F)F)c4)cc3)cc2C)cc1. The van der Waals surface area contributed by atoms with Gasteiger partial charge in [-0.15, -0.1) is 0 Å². The van der Waals surface area contributed by atoms with Gasteiger partial charge in [0.15, 0.2) is 0 Å². The third-order valence-electron chi connectivity index (χ3n) is 6.01. The number of carbonyl (C=O) groups excluding carboxylic acids is 1. The van der Waals surface area contributed by atoms with Gasteiger partial charge in [0.1, 0.15) is 0 Å². The molecule has 0 aliphatic carbocycles. The summed E-state index contributed by atoms with van der Waals surface area (Å²) in [4.78, 5) is 12.6. The molecular weight excluding hydrogens is 615 g/mol. The predicted molar refractivity (Wildman–Crippen MR) is 155 cm³/mol. The average molecular weight is 638 g/mol. The molecule has 0 fully saturated rings. The largest absolute Gasteiger partial charge is 0.417 e. The number of hydrogen-bond acceptors (Lipinski definition) is 5. The number of aryl methyl sites for hydroxylation is 2. The molecule has 0 atom stereocenters. The van der Waals surface area contributed by atoms with E-state index in [0.717, 1.165) is 17.7 Å². The van der Waals surface area contributed by atoms with Gasteiger partial charge in [-0.1, -0.05) is 29.3 Å². The van der Waals surface area contributed by atoms with Gasteiger partial charge < -0.3 is 5.32 Å². The van der Waals surface area contributed by atoms with Gasteiger partial charge >= 0.3 is 6.18 Å². The van der Waals surface area contributed by atoms with Crippen LogP contribution in [0.25, 0.3) is 0 Å². The molecule has 3 N–H and O–H groups in total. The molecule has 0 spiro atoms. The van der Waals surface area contributed by atoms with E-state index in [2.05, 4.69) is 14.8 Å². The van der Waals surface area contributed by atoms with Crippen molar-refractivity contribution in [2.45, 2.75) is 29.8 Å². The lowest BCUT2D eigenvalue weighted by Crippen LogP contribution is -2.16. The van der Waals surface area contributed by atoms with Crippen LogP contribution < -0.4 is 14.8 Å². The normalized spacial score (nSPS) is 12.0. The number of hydrogen-bond donors (Lipinski definition) is 3. The highest BCUT2D eigenvalue weighted by molar-refractivity contribution is 7.93. The molecule has 0 aliphatic rings. The molecule has 14 heteroatoms. The zero-order chi connectivity index (χ0) is 30.9. The lowest BCUT2D eigenvalue weighted by Gasteiger charge is -2.13. The summed E-state index contributed by atoms with van der Waals surface area (Å²) in [5.41, 5.74) is 0.630. The summed E-state index contributed by atoms with van der Waals surface area (Å²) in [7, 11) is -8.10. The number of benzene rings is 4. The van der Waals surface area contributed by atoms with Crippen molar-refractivity contribution in [3.63, 3.8) is 0 Å². The maximum Gasteiger partial charge on any atom is 0.417 e. The summed E-state index contributed by atoms with van der Waals surface area (Å²) in [5, 5.41) is 2.04. The van der Waals surface area contributed by atoms with Crippen molar-refractivity contribution in [3.05, 3.63) is 112 Å². The molecule has 220 valence electrons. The van der Waals surface area contributed by atoms with Gasteiger partial charge in [-0.3, -0.25) is 14.2 Å². The van der Waals surface area contributed by atoms with Crippen molar-refractivity contribution in [1.29, 1.82) is 0 Å². The van der Waals surface area contributed by atoms with Crippen molar-refractivity contribution >= 4 is 54.6 Å². The zero-order valence-electron chi connectivity index (χ0n) is 22.0. The summed E-state index contributed by atoms with van der Waals surface area (Å²) in [6.45, 7) is 3.47. The minimum atomic E-state index is -4.77. The summed E-state index contributed by atoms with van der Waals surface area (Å²) in [6.07, 6.45) is -4.77. The van der Waals surface area contributed by atoms with Gasteiger partial charge in [-0.2, -0.15) is 13.2 Å². The fourth-order valence-corrected chi connectivity index (χ4v) is 6.19. The van der Waals surface area contributed by atoms with Crippen LogP contribution in [0.5, 0.6) is 0 Å². The molecule has 4 rings (SSSR count). The summed E-state index contributed by atoms with van der Waals surface area (Å²) < 4.78 is 94.8. The van der Waals surface area contributed by atoms with Crippen LogP contribution in [0.3, 0.4) is 0 Å². The van der Waals surface area contributed by atoms with Crippen LogP contribution >= 0.6 is 11.6 Å². The summed E-state index contributed by atoms with van der Waals surface area (Å²) >= 11 is 5.58. The quantitative estimate of drug-likeness (QED) is 0.196. The van der Waals surface area contributed by atoms with Crippen molar-refractivity contribution in [3.8, 4) is 0 Å². The van der Waals surface area contributed by atoms with E-state index in [1.165, 1.54) is 54.6 Å². The van der Waals surface area contributed by atoms with E-state index in [1.54, 1.807) is 19.1 Å². The molecule has 0 bridgehead atoms. The number of sulfonamides is 2. The number of amides is 1. The summed E-state index contributed by atoms with van der Waals surface area (Å²) in [5.74, 6) is -0.541. The van der Waals surface area contributed by atoms with Crippen molar-refractivity contribution < 1.29 is 34.8 Å². The highest BCUT2D eigenvalue weighted by Gasteiger charge is 2.33. The average Bonchev–Trinajstić information content (AvgIpc) is 2.90. The van der Waals surface area contributed by atoms with Gasteiger partial charge in [0, 0.05) is 16.9 Å². The number of anilines is 3. The second kappa shape index (κ2) is 11.7. The van der Waals surface area contributed by atoms with Crippen molar-refractivity contribution in [1.82, 2.24) is 0 Å². The van der Waals surface area contributed by atoms with Gasteiger partial charge in [-0.25, -0.2) is 16.8 Å². The molecule has 8 nitrogen and oxygen atoms in total. The van der Waals surface area contributed by atoms with E-state index in [9.17, 15) is 34.8 Å². The minimum absolute atomic E-state index is 0.0919. The highest BCUT2D eigenvalue weighted by Crippen LogP contribution is 2.36. The second-order valence-corrected chi connectivity index (χ2v) is 13.0. The first kappa shape index (κ1) is 30.9. The zero-order valence-corrected chi connectivity index (χ0v) is 24.3. The minimum Gasteiger partial charge on any atom is -0.322 e. The lowest BCUT2D eigenvalue weighted by molar-refractivity contribution is -0.137. The Morgan fingerprint density at radius 3 is 1.83 bits per heavy atom. The number of halogens is 4. The number of alkyl halides is 3. The van der Waals surface area contributed by atoms with Crippen LogP contribution in [0.2, 0.25) is 5.02 Å². The standard InChI is InChI=1S/C28H23ClF3N3O5S2/c1-17-3-9-22(10-4-17)42(39,40)35-26-14-5-19(15-18(26)2)27(36)33-20-6-11-23(12-7-20)41(37,38)34-21-8-13-25(29)24(16-21)28(30,31)32/h3-16,34-35H,1-2H3,(H,33,36). The topological polar surface area (TPSA) is 121 Å². The van der Waals surface area contributed by atoms with Gasteiger partial charge in [0.25, 0.3) is 26.0 Å². The predicted octanol–water partition coefficient (Wildman–Crippen LogP) is 6.83. The van der Waals surface area contributed by atoms with E-state index in [4.69, 9.17) is 11.6 Å². The van der Waals surface area contributed by atoms with E-state index in [-0.39, 0.29) is 32.4 Å². The second-order valence-electron chi connectivity index (χ2n) is 9.22. The Kier molecular flexibility index (Phi) is 8.58. The smallest absolute Gasteiger partial charge is 0.322 e. The lowest BCUT2D eigenvalue weighted by atomic mass is 10.1. The molecule has 0 unspecified atom stereocenters. The monoisotopic (exact) mass is 637 g/mol. The Hall–Kier alpha value is -4.07. The first-order valence-electron chi connectivity index (χ1n) is 12.1. The molecule has 42 heavy (non-hydrogen) atoms. The van der Waals surface area contributed by atoms with Crippen LogP contribution in [0.15, 0.2) is 94.7 Å². The number of carbonyl (C=O) groups is 1. The van der Waals surface area contributed by atoms with E-state index >= 15 is 0 Å². The molecule has 0 radical (unpaired) electrons. The molecular formula is C28H23ClF3N3O5S2. The Bertz CT molecular complexity index is 1860. The van der Waals surface area contributed by atoms with Crippen molar-refractivity contribution in [2.24, 2.45) is 0 Å². The fraction of sp³-hybridized carbons (Fsp3) is 0.107. The van der Waals surface area contributed by atoms with Crippen LogP contribution in [0.1, 0.15) is 27.0 Å². The molecule has 4 aromatic carbocycles. The molecule has 0 saturated carbocycles. The maximum atomic E-state index is 13.1. The van der Waals surface area contributed by atoms with Gasteiger partial charge in [0.2, 0.25) is 0 Å². The molecule has 0 heterocycles. The van der Waals surface area contributed by atoms with Crippen LogP contribution in [0, 0.1) is 13.8 Å². The van der Waals surface area contributed by atoms with E-state index in [0.29, 0.717) is 11.6 Å². The van der Waals surface area contributed by atoms with E-state index < -0.39 is 42.7 Å². The van der Waals surface area contributed by atoms with Crippen molar-refractivity contribution in [2.75, 3.05) is 14.8 Å². The molecule has 0 aromatic heterocycles. The van der Waals surface area contributed by atoms with Crippen LogP contribution in [-0.2, 0) is 26.2 Å². The van der Waals surface area contributed by atoms with Crippen LogP contribution in [-0.4, -0.2) is 22.7 Å². The van der Waals surface area contributed by atoms with Gasteiger partial charge in [-0.05, 0) is 92.2 Å². The molecule has 0 saturated heterocycles. The Morgan fingerprint density at radius 2 is 1.26 bits per heavy atom. The first-order valence-corrected chi connectivity index (χ1v) is 15.4. The maximum absolute atomic E-state index is 13.1. The molecule has 4 aromatic rings. The van der Waals surface area contributed by atoms with Gasteiger partial charge in [0.05, 0.1) is 26.1 Å². The van der Waals surface area contributed by atoms with Crippen LogP contribution in [0.4, 0.5) is 30.2 Å². The Labute approximate surface area is 245 Å². The number of rotatable bonds is 8. The molecule has 1 amide bonds. The summed E-state index contributed by atoms with van der Waals surface area (Å²) in [6, 6.07) is 18.3. The molecule has 0 aliphatic heterocycles. The first-order chi connectivity index (χ1) is 19.5.